The van der Waals surface area contributed by atoms with E-state index in [0.717, 1.165) is 33.8 Å². The van der Waals surface area contributed by atoms with Gasteiger partial charge in [-0.2, -0.15) is 0 Å². The molecule has 0 aliphatic rings. The van der Waals surface area contributed by atoms with Crippen molar-refractivity contribution in [2.24, 2.45) is 0 Å². The number of hydrogen-bond acceptors (Lipinski definition) is 2. The molecule has 0 atom stereocenters. The van der Waals surface area contributed by atoms with Gasteiger partial charge in [-0.1, -0.05) is 146 Å². The van der Waals surface area contributed by atoms with Crippen LogP contribution < -0.4 is 0 Å². The molecule has 2 aromatic heterocycles. The Labute approximate surface area is 306 Å². The van der Waals surface area contributed by atoms with Crippen molar-refractivity contribution < 1.29 is 0 Å². The molecule has 0 N–H and O–H groups in total. The number of nitrogens with zero attached hydrogens (tertiary/aromatic N) is 3. The maximum atomic E-state index is 5.19. The summed E-state index contributed by atoms with van der Waals surface area (Å²) in [6, 6.07) is 67.3. The largest absolute Gasteiger partial charge is 0.309 e. The first-order valence-corrected chi connectivity index (χ1v) is 18.1. The lowest BCUT2D eigenvalue weighted by Gasteiger charge is -2.13. The molecule has 9 aromatic carbocycles. The van der Waals surface area contributed by atoms with Crippen molar-refractivity contribution in [2.45, 2.75) is 0 Å². The van der Waals surface area contributed by atoms with E-state index in [2.05, 4.69) is 187 Å². The molecule has 2 heterocycles. The Balaban J connectivity index is 1.14. The molecule has 0 saturated carbocycles. The second-order valence-electron chi connectivity index (χ2n) is 13.8. The van der Waals surface area contributed by atoms with Crippen LogP contribution in [0.5, 0.6) is 0 Å². The Morgan fingerprint density at radius 2 is 0.906 bits per heavy atom. The fourth-order valence-corrected chi connectivity index (χ4v) is 8.30. The predicted octanol–water partition coefficient (Wildman–Crippen LogP) is 13.2. The summed E-state index contributed by atoms with van der Waals surface area (Å²) in [5, 5.41) is 12.5. The van der Waals surface area contributed by atoms with E-state index in [0.29, 0.717) is 5.82 Å². The number of aromatic nitrogens is 3. The lowest BCUT2D eigenvalue weighted by Crippen LogP contribution is -1.98. The molecule has 3 heteroatoms. The molecule has 0 radical (unpaired) electrons. The molecule has 246 valence electrons. The molecule has 3 nitrogen and oxygen atoms in total. The van der Waals surface area contributed by atoms with E-state index < -0.39 is 0 Å². The summed E-state index contributed by atoms with van der Waals surface area (Å²) >= 11 is 0. The third-order valence-corrected chi connectivity index (χ3v) is 10.8. The first-order chi connectivity index (χ1) is 26.3. The van der Waals surface area contributed by atoms with Crippen LogP contribution >= 0.6 is 0 Å². The van der Waals surface area contributed by atoms with Gasteiger partial charge in [-0.05, 0) is 80.2 Å². The van der Waals surface area contributed by atoms with Gasteiger partial charge < -0.3 is 4.57 Å². The second-order valence-corrected chi connectivity index (χ2v) is 13.8. The van der Waals surface area contributed by atoms with Gasteiger partial charge in [0.2, 0.25) is 0 Å². The molecule has 0 unspecified atom stereocenters. The molecule has 0 amide bonds. The standard InChI is InChI=1S/C50H31N3/c1-2-14-34(15-3-1)44-31-45(37-23-22-32-12-4-5-16-36(32)30-37)52-50(51-44)35-24-27-38(28-25-35)53-46-29-26-33-13-6-7-17-39(33)47(46)48-42-20-10-8-18-40(42)41-19-9-11-21-43(41)49(48)53/h1-31H. The zero-order valence-corrected chi connectivity index (χ0v) is 28.7. The van der Waals surface area contributed by atoms with Crippen LogP contribution in [0.15, 0.2) is 188 Å². The normalized spacial score (nSPS) is 11.8. The van der Waals surface area contributed by atoms with Gasteiger partial charge in [-0.3, -0.25) is 0 Å². The van der Waals surface area contributed by atoms with Crippen LogP contribution in [0.1, 0.15) is 0 Å². The van der Waals surface area contributed by atoms with Crippen LogP contribution in [0.25, 0.3) is 104 Å². The number of benzene rings is 9. The molecular weight excluding hydrogens is 643 g/mol. The summed E-state index contributed by atoms with van der Waals surface area (Å²) < 4.78 is 2.46. The van der Waals surface area contributed by atoms with Gasteiger partial charge in [0, 0.05) is 38.5 Å². The van der Waals surface area contributed by atoms with Gasteiger partial charge in [0.15, 0.2) is 5.82 Å². The van der Waals surface area contributed by atoms with Crippen LogP contribution in [-0.2, 0) is 0 Å². The van der Waals surface area contributed by atoms with Gasteiger partial charge in [0.25, 0.3) is 0 Å². The van der Waals surface area contributed by atoms with E-state index >= 15 is 0 Å². The fraction of sp³-hybridized carbons (Fsp3) is 0. The molecule has 11 aromatic rings. The van der Waals surface area contributed by atoms with Crippen LogP contribution in [-0.4, -0.2) is 14.5 Å². The van der Waals surface area contributed by atoms with Crippen LogP contribution in [0.2, 0.25) is 0 Å². The molecule has 0 saturated heterocycles. The molecule has 0 aliphatic carbocycles. The maximum Gasteiger partial charge on any atom is 0.160 e. The summed E-state index contributed by atoms with van der Waals surface area (Å²) in [6.45, 7) is 0. The van der Waals surface area contributed by atoms with Crippen molar-refractivity contribution in [1.82, 2.24) is 14.5 Å². The second kappa shape index (κ2) is 11.7. The Bertz CT molecular complexity index is 3210. The molecule has 0 spiro atoms. The van der Waals surface area contributed by atoms with Gasteiger partial charge in [-0.25, -0.2) is 9.97 Å². The number of fused-ring (bicyclic) bond motifs is 11. The average Bonchev–Trinajstić information content (AvgIpc) is 3.60. The molecular formula is C50H31N3. The summed E-state index contributed by atoms with van der Waals surface area (Å²) in [7, 11) is 0. The van der Waals surface area contributed by atoms with E-state index in [4.69, 9.17) is 9.97 Å². The van der Waals surface area contributed by atoms with E-state index in [9.17, 15) is 0 Å². The highest BCUT2D eigenvalue weighted by atomic mass is 15.0. The third-order valence-electron chi connectivity index (χ3n) is 10.8. The lowest BCUT2D eigenvalue weighted by atomic mass is 9.95. The topological polar surface area (TPSA) is 30.7 Å². The Morgan fingerprint density at radius 3 is 1.68 bits per heavy atom. The van der Waals surface area contributed by atoms with Gasteiger partial charge in [0.05, 0.1) is 22.4 Å². The molecule has 53 heavy (non-hydrogen) atoms. The summed E-state index contributed by atoms with van der Waals surface area (Å²) in [4.78, 5) is 10.3. The molecule has 0 aliphatic heterocycles. The van der Waals surface area contributed by atoms with Crippen molar-refractivity contribution in [3.05, 3.63) is 188 Å². The highest BCUT2D eigenvalue weighted by molar-refractivity contribution is 6.35. The monoisotopic (exact) mass is 673 g/mol. The summed E-state index contributed by atoms with van der Waals surface area (Å²) in [6.07, 6.45) is 0. The summed E-state index contributed by atoms with van der Waals surface area (Å²) in [5.41, 5.74) is 8.40. The van der Waals surface area contributed by atoms with E-state index in [1.807, 2.05) is 6.07 Å². The first kappa shape index (κ1) is 29.6. The molecule has 11 rings (SSSR count). The van der Waals surface area contributed by atoms with Gasteiger partial charge in [0.1, 0.15) is 0 Å². The van der Waals surface area contributed by atoms with E-state index in [1.165, 1.54) is 64.9 Å². The average molecular weight is 674 g/mol. The van der Waals surface area contributed by atoms with E-state index in [-0.39, 0.29) is 0 Å². The Morgan fingerprint density at radius 1 is 0.340 bits per heavy atom. The Hall–Kier alpha value is -7.10. The zero-order chi connectivity index (χ0) is 34.9. The highest BCUT2D eigenvalue weighted by Crippen LogP contribution is 2.44. The first-order valence-electron chi connectivity index (χ1n) is 18.1. The van der Waals surface area contributed by atoms with Crippen molar-refractivity contribution in [3.8, 4) is 39.6 Å². The minimum Gasteiger partial charge on any atom is -0.309 e. The lowest BCUT2D eigenvalue weighted by molar-refractivity contribution is 1.17. The smallest absolute Gasteiger partial charge is 0.160 e. The SMILES string of the molecule is c1ccc(-c2cc(-c3ccc4ccccc4c3)nc(-c3ccc(-n4c5ccc6ccccc6c5c5c6ccccc6c6ccccc6c54)cc3)n2)cc1. The summed E-state index contributed by atoms with van der Waals surface area (Å²) in [5.74, 6) is 0.700. The highest BCUT2D eigenvalue weighted by Gasteiger charge is 2.21. The van der Waals surface area contributed by atoms with Crippen molar-refractivity contribution in [3.63, 3.8) is 0 Å². The van der Waals surface area contributed by atoms with Gasteiger partial charge in [-0.15, -0.1) is 0 Å². The predicted molar refractivity (Wildman–Crippen MR) is 223 cm³/mol. The third kappa shape index (κ3) is 4.68. The van der Waals surface area contributed by atoms with Crippen LogP contribution in [0, 0.1) is 0 Å². The van der Waals surface area contributed by atoms with E-state index in [1.54, 1.807) is 0 Å². The van der Waals surface area contributed by atoms with Crippen LogP contribution in [0.3, 0.4) is 0 Å². The molecule has 0 fully saturated rings. The number of hydrogen-bond donors (Lipinski definition) is 0. The number of rotatable bonds is 4. The zero-order valence-electron chi connectivity index (χ0n) is 28.7. The van der Waals surface area contributed by atoms with Crippen molar-refractivity contribution >= 4 is 64.9 Å². The van der Waals surface area contributed by atoms with Crippen LogP contribution in [0.4, 0.5) is 0 Å². The maximum absolute atomic E-state index is 5.19. The minimum atomic E-state index is 0.700. The van der Waals surface area contributed by atoms with Crippen molar-refractivity contribution in [1.29, 1.82) is 0 Å². The molecule has 0 bridgehead atoms. The van der Waals surface area contributed by atoms with Crippen molar-refractivity contribution in [2.75, 3.05) is 0 Å². The quantitative estimate of drug-likeness (QED) is 0.174. The minimum absolute atomic E-state index is 0.700. The van der Waals surface area contributed by atoms with Gasteiger partial charge >= 0.3 is 0 Å². The Kier molecular flexibility index (Phi) is 6.55. The fourth-order valence-electron chi connectivity index (χ4n) is 8.30.